The molecule has 12 rings (SSSR count). The van der Waals surface area contributed by atoms with Crippen LogP contribution in [0.1, 0.15) is 199 Å². The highest BCUT2D eigenvalue weighted by molar-refractivity contribution is 5.99. The maximum atomic E-state index is 14.1. The minimum atomic E-state index is -1.36. The van der Waals surface area contributed by atoms with Gasteiger partial charge in [0.1, 0.15) is 80.7 Å². The molecule has 0 saturated carbocycles. The molecule has 0 fully saturated rings. The Hall–Kier alpha value is -12.5. The van der Waals surface area contributed by atoms with E-state index in [2.05, 4.69) is 9.97 Å². The molecule has 31 heteroatoms. The highest BCUT2D eigenvalue weighted by Crippen LogP contribution is 2.37. The average Bonchev–Trinajstić information content (AvgIpc) is 0.771. The third-order valence-electron chi connectivity index (χ3n) is 23.1. The van der Waals surface area contributed by atoms with Crippen molar-refractivity contribution in [3.8, 4) is 17.4 Å². The Morgan fingerprint density at radius 1 is 0.388 bits per heavy atom. The smallest absolute Gasteiger partial charge is 0.341 e. The first-order valence-corrected chi connectivity index (χ1v) is 41.7. The lowest BCUT2D eigenvalue weighted by atomic mass is 9.86. The molecular weight excluding hydrogens is 1690 g/mol. The molecule has 129 heavy (non-hydrogen) atoms. The number of Topliss-reactive ketones (excluding diaryl/α,β-unsaturated/α-hetero) is 3. The lowest BCUT2D eigenvalue weighted by Crippen LogP contribution is -2.31. The number of methoxy groups -OCH3 is 3. The third-order valence-corrected chi connectivity index (χ3v) is 23.1. The van der Waals surface area contributed by atoms with Crippen LogP contribution in [0.5, 0.6) is 17.4 Å². The summed E-state index contributed by atoms with van der Waals surface area (Å²) in [7, 11) is 4.36. The first kappa shape index (κ1) is 100. The topological polar surface area (TPSA) is 311 Å². The van der Waals surface area contributed by atoms with Gasteiger partial charge in [-0.1, -0.05) is 80.5 Å². The molecule has 0 amide bonds. The second-order valence-electron chi connectivity index (χ2n) is 33.6. The standard InChI is InChI=1S/C25H27F3N2O3.C25H27F2NO4.C24H26F2N2O4.C24H25F2NO5/c1-13-15(6-7-17-20(27)9-16(26)10-21(17)28)8-18-23(33)19(14(2)32)11-30(24(18)29-13)22(12-31)25(3,4)5;1-14(2)23(13-29)28-12-19(15(3)30)25(31)18-10-16(24(32-4)11-22(18)28)8-9-17-20(26)6-5-7-21(17)27;1-13(2)21(12-29)28-11-18(14(3)30)22(31)17-10-15(24(32-4)27-23(17)28)8-9-16-19(25)6-5-7-20(16)26;1-13(2)21(12-28)27-11-18(24(30)31)23(29)17-8-15(22(32-3)10-20(17)27)5-4-14-6-7-16(25)9-19(14)26/h8-11,22,31H,6-7,12H2,1-5H3;5-7,10-12,14,23,29H,8-9,13H2,1-4H3;5-7,10-11,13,21,29H,8-9,12H2,1-4H3;6-11,13,21,28H,4-5,12H2,1-3H3,(H,30,31)/t22-;23-;2*21-/m1111/s1. The number of halogens is 9. The van der Waals surface area contributed by atoms with Gasteiger partial charge in [0.25, 0.3) is 0 Å². The number of carbonyl (C=O) groups excluding carboxylic acids is 3. The minimum absolute atomic E-state index is 0.0120. The number of aliphatic hydroxyl groups is 4. The van der Waals surface area contributed by atoms with E-state index in [1.165, 1.54) is 115 Å². The summed E-state index contributed by atoms with van der Waals surface area (Å²) in [5.74, 6) is -8.33. The van der Waals surface area contributed by atoms with Crippen molar-refractivity contribution in [2.75, 3.05) is 47.8 Å². The van der Waals surface area contributed by atoms with E-state index in [9.17, 15) is 103 Å². The maximum Gasteiger partial charge on any atom is 0.341 e. The van der Waals surface area contributed by atoms with Crippen LogP contribution in [0.25, 0.3) is 43.9 Å². The van der Waals surface area contributed by atoms with Crippen LogP contribution in [-0.4, -0.2) is 125 Å². The van der Waals surface area contributed by atoms with Gasteiger partial charge in [0.2, 0.25) is 22.2 Å². The van der Waals surface area contributed by atoms with Crippen LogP contribution in [0.2, 0.25) is 0 Å². The molecule has 6 aromatic heterocycles. The molecule has 0 radical (unpaired) electrons. The summed E-state index contributed by atoms with van der Waals surface area (Å²) >= 11 is 0. The lowest BCUT2D eigenvalue weighted by Gasteiger charge is -2.32. The van der Waals surface area contributed by atoms with Gasteiger partial charge in [0, 0.05) is 93.8 Å². The number of carboxylic acids is 1. The molecule has 0 saturated heterocycles. The largest absolute Gasteiger partial charge is 0.496 e. The van der Waals surface area contributed by atoms with E-state index in [-0.39, 0.29) is 168 Å². The monoisotopic (exact) mass is 1790 g/mol. The predicted molar refractivity (Wildman–Crippen MR) is 473 cm³/mol. The van der Waals surface area contributed by atoms with Crippen molar-refractivity contribution in [1.29, 1.82) is 0 Å². The molecule has 6 aromatic carbocycles. The molecule has 22 nitrogen and oxygen atoms in total. The Morgan fingerprint density at radius 2 is 0.736 bits per heavy atom. The molecule has 0 bridgehead atoms. The molecule has 6 heterocycles. The summed E-state index contributed by atoms with van der Waals surface area (Å²) in [6.07, 6.45) is 6.72. The Balaban J connectivity index is 0.000000194. The van der Waals surface area contributed by atoms with Gasteiger partial charge in [-0.3, -0.25) is 33.6 Å². The molecule has 0 aliphatic carbocycles. The van der Waals surface area contributed by atoms with Crippen molar-refractivity contribution in [3.63, 3.8) is 0 Å². The fourth-order valence-corrected chi connectivity index (χ4v) is 15.6. The van der Waals surface area contributed by atoms with E-state index in [0.717, 1.165) is 6.07 Å². The number of rotatable bonds is 30. The van der Waals surface area contributed by atoms with Gasteiger partial charge < -0.3 is 58.0 Å². The van der Waals surface area contributed by atoms with Crippen LogP contribution in [0, 0.1) is 82.4 Å². The molecule has 686 valence electrons. The van der Waals surface area contributed by atoms with E-state index >= 15 is 0 Å². The molecule has 0 aliphatic rings. The summed E-state index contributed by atoms with van der Waals surface area (Å²) in [5, 5.41) is 50.3. The van der Waals surface area contributed by atoms with Crippen molar-refractivity contribution in [3.05, 3.63) is 294 Å². The van der Waals surface area contributed by atoms with Crippen LogP contribution < -0.4 is 35.9 Å². The number of carbonyl (C=O) groups is 4. The zero-order valence-corrected chi connectivity index (χ0v) is 74.5. The number of benzene rings is 6. The van der Waals surface area contributed by atoms with Gasteiger partial charge in [0.05, 0.1) is 110 Å². The third kappa shape index (κ3) is 22.6. The van der Waals surface area contributed by atoms with Crippen LogP contribution in [0.15, 0.2) is 147 Å². The summed E-state index contributed by atoms with van der Waals surface area (Å²) in [6.45, 7) is 22.0. The number of ketones is 3. The number of hydrogen-bond donors (Lipinski definition) is 5. The van der Waals surface area contributed by atoms with Gasteiger partial charge in [0.15, 0.2) is 22.8 Å². The zero-order valence-electron chi connectivity index (χ0n) is 74.5. The van der Waals surface area contributed by atoms with Crippen LogP contribution in [0.3, 0.4) is 0 Å². The number of ether oxygens (including phenoxy) is 3. The summed E-state index contributed by atoms with van der Waals surface area (Å²) in [5.41, 5.74) is 1.38. The number of aromatic nitrogens is 6. The number of aromatic carboxylic acids is 1. The van der Waals surface area contributed by atoms with E-state index in [1.807, 2.05) is 62.3 Å². The molecule has 0 spiro atoms. The predicted octanol–water partition coefficient (Wildman–Crippen LogP) is 17.0. The Kier molecular flexibility index (Phi) is 33.5. The van der Waals surface area contributed by atoms with Crippen LogP contribution in [0.4, 0.5) is 39.5 Å². The molecule has 5 N–H and O–H groups in total. The highest BCUT2D eigenvalue weighted by Gasteiger charge is 2.32. The fraction of sp³-hybridized carbons (Fsp3) is 0.367. The fourth-order valence-electron chi connectivity index (χ4n) is 15.6. The average molecular weight is 1790 g/mol. The van der Waals surface area contributed by atoms with Gasteiger partial charge >= 0.3 is 5.97 Å². The first-order valence-electron chi connectivity index (χ1n) is 41.7. The van der Waals surface area contributed by atoms with E-state index in [0.29, 0.717) is 79.2 Å². The normalized spacial score (nSPS) is 12.5. The van der Waals surface area contributed by atoms with Crippen LogP contribution >= 0.6 is 0 Å². The maximum absolute atomic E-state index is 14.1. The highest BCUT2D eigenvalue weighted by atomic mass is 19.2. The van der Waals surface area contributed by atoms with E-state index in [4.69, 9.17) is 14.2 Å². The number of carboxylic acid groups (broad SMARTS) is 1. The SMILES string of the molecule is CC(=O)c1cn([C@H](CO)C(C)(C)C)c2nc(C)c(CCc3c(F)cc(F)cc3F)cc2c1=O.COc1cc2c(cc1CCc1c(F)cccc1F)c(=O)c(C(C)=O)cn2[C@H](CO)C(C)C.COc1cc2c(cc1CCc1ccc(F)cc1F)c(=O)c(C(=O)O)cn2[C@H](CO)C(C)C.COc1nc2c(cc1CCc1c(F)cccc1F)c(=O)c(C(C)=O)cn2[C@H](CO)C(C)C. The number of aryl methyl sites for hydroxylation is 6. The Morgan fingerprint density at radius 3 is 1.13 bits per heavy atom. The number of fused-ring (bicyclic) bond motifs is 4. The van der Waals surface area contributed by atoms with Crippen molar-refractivity contribution >= 4 is 67.2 Å². The number of pyridine rings is 6. The van der Waals surface area contributed by atoms with E-state index < -0.39 is 121 Å². The van der Waals surface area contributed by atoms with E-state index in [1.54, 1.807) is 61.6 Å². The Labute approximate surface area is 737 Å². The van der Waals surface area contributed by atoms with Crippen LogP contribution in [-0.2, 0) is 51.4 Å². The summed E-state index contributed by atoms with van der Waals surface area (Å²) in [4.78, 5) is 109. The molecule has 4 atom stereocenters. The Bertz CT molecular complexity index is 6240. The number of hydrogen-bond acceptors (Lipinski definition) is 17. The quantitative estimate of drug-likeness (QED) is 0.0206. The van der Waals surface area contributed by atoms with Gasteiger partial charge in [-0.15, -0.1) is 0 Å². The lowest BCUT2D eigenvalue weighted by molar-refractivity contribution is 0.0692. The van der Waals surface area contributed by atoms with Crippen molar-refractivity contribution in [2.45, 2.75) is 166 Å². The van der Waals surface area contributed by atoms with Crippen molar-refractivity contribution < 1.29 is 98.4 Å². The number of nitrogens with zero attached hydrogens (tertiary/aromatic N) is 6. The molecule has 12 aromatic rings. The van der Waals surface area contributed by atoms with Gasteiger partial charge in [-0.2, -0.15) is 4.98 Å². The van der Waals surface area contributed by atoms with Gasteiger partial charge in [-0.25, -0.2) is 49.3 Å². The molecule has 0 unspecified atom stereocenters. The molecular formula is C98H105F9N6O16. The first-order chi connectivity index (χ1) is 60.9. The molecule has 0 aliphatic heterocycles. The minimum Gasteiger partial charge on any atom is -0.496 e. The summed E-state index contributed by atoms with van der Waals surface area (Å²) < 4.78 is 148. The second-order valence-corrected chi connectivity index (χ2v) is 33.6. The van der Waals surface area contributed by atoms with Crippen molar-refractivity contribution in [1.82, 2.24) is 28.2 Å². The zero-order chi connectivity index (χ0) is 95.4. The van der Waals surface area contributed by atoms with Gasteiger partial charge in [-0.05, 0) is 179 Å². The van der Waals surface area contributed by atoms with Crippen molar-refractivity contribution in [2.24, 2.45) is 23.2 Å². The second kappa shape index (κ2) is 43.1. The number of aliphatic hydroxyl groups excluding tert-OH is 4. The summed E-state index contributed by atoms with van der Waals surface area (Å²) in [6, 6.07) is 19.9.